The number of carbonyl (C=O) groups excluding carboxylic acids is 2. The standard InChI is InChI=1S/C20H26N4O5/c1-13(20(26)24-9-7-23(2)8-10-24)21-19(25)16-12-18(29-22-16)15-6-5-14(27-3)11-17(15)28-4/h5-6,11-13H,7-10H2,1-4H3,(H,21,25)/t13-/m0/s1. The highest BCUT2D eigenvalue weighted by atomic mass is 16.5. The molecular formula is C20H26N4O5. The third-order valence-electron chi connectivity index (χ3n) is 4.95. The van der Waals surface area contributed by atoms with Crippen LogP contribution in [0.4, 0.5) is 0 Å². The van der Waals surface area contributed by atoms with Crippen LogP contribution in [-0.4, -0.2) is 80.3 Å². The Hall–Kier alpha value is -3.07. The molecule has 9 nitrogen and oxygen atoms in total. The predicted molar refractivity (Wildman–Crippen MR) is 106 cm³/mol. The first kappa shape index (κ1) is 20.7. The van der Waals surface area contributed by atoms with Gasteiger partial charge in [0.2, 0.25) is 5.91 Å². The lowest BCUT2D eigenvalue weighted by Gasteiger charge is -2.34. The highest BCUT2D eigenvalue weighted by molar-refractivity contribution is 5.96. The summed E-state index contributed by atoms with van der Waals surface area (Å²) < 4.78 is 15.9. The van der Waals surface area contributed by atoms with E-state index < -0.39 is 11.9 Å². The number of piperazine rings is 1. The molecule has 3 rings (SSSR count). The van der Waals surface area contributed by atoms with Crippen molar-refractivity contribution in [2.75, 3.05) is 47.4 Å². The number of methoxy groups -OCH3 is 2. The molecule has 1 saturated heterocycles. The second-order valence-corrected chi connectivity index (χ2v) is 6.97. The highest BCUT2D eigenvalue weighted by Gasteiger charge is 2.26. The molecule has 2 heterocycles. The van der Waals surface area contributed by atoms with Crippen molar-refractivity contribution in [2.24, 2.45) is 0 Å². The topological polar surface area (TPSA) is 97.1 Å². The third-order valence-corrected chi connectivity index (χ3v) is 4.95. The van der Waals surface area contributed by atoms with E-state index >= 15 is 0 Å². The fraction of sp³-hybridized carbons (Fsp3) is 0.450. The smallest absolute Gasteiger partial charge is 0.274 e. The van der Waals surface area contributed by atoms with E-state index in [1.54, 1.807) is 37.1 Å². The van der Waals surface area contributed by atoms with Gasteiger partial charge in [0.25, 0.3) is 5.91 Å². The van der Waals surface area contributed by atoms with Crippen molar-refractivity contribution >= 4 is 11.8 Å². The second-order valence-electron chi connectivity index (χ2n) is 6.97. The van der Waals surface area contributed by atoms with Gasteiger partial charge in [0.05, 0.1) is 19.8 Å². The summed E-state index contributed by atoms with van der Waals surface area (Å²) >= 11 is 0. The number of aromatic nitrogens is 1. The van der Waals surface area contributed by atoms with E-state index in [0.29, 0.717) is 35.9 Å². The summed E-state index contributed by atoms with van der Waals surface area (Å²) in [6.07, 6.45) is 0. The summed E-state index contributed by atoms with van der Waals surface area (Å²) in [6.45, 7) is 4.62. The molecule has 0 aliphatic carbocycles. The Kier molecular flexibility index (Phi) is 6.38. The molecule has 0 spiro atoms. The largest absolute Gasteiger partial charge is 0.497 e. The maximum Gasteiger partial charge on any atom is 0.274 e. The lowest BCUT2D eigenvalue weighted by atomic mass is 10.1. The average Bonchev–Trinajstić information content (AvgIpc) is 3.23. The molecule has 156 valence electrons. The van der Waals surface area contributed by atoms with E-state index in [1.807, 2.05) is 7.05 Å². The van der Waals surface area contributed by atoms with Crippen LogP contribution < -0.4 is 14.8 Å². The van der Waals surface area contributed by atoms with Gasteiger partial charge in [-0.3, -0.25) is 9.59 Å². The monoisotopic (exact) mass is 402 g/mol. The van der Waals surface area contributed by atoms with Gasteiger partial charge in [-0.2, -0.15) is 0 Å². The van der Waals surface area contributed by atoms with Gasteiger partial charge in [0.1, 0.15) is 17.5 Å². The molecule has 1 N–H and O–H groups in total. The molecular weight excluding hydrogens is 376 g/mol. The van der Waals surface area contributed by atoms with E-state index in [2.05, 4.69) is 15.4 Å². The maximum absolute atomic E-state index is 12.6. The SMILES string of the molecule is COc1ccc(-c2cc(C(=O)N[C@@H](C)C(=O)N3CCN(C)CC3)no2)c(OC)c1. The molecule has 2 amide bonds. The summed E-state index contributed by atoms with van der Waals surface area (Å²) in [6, 6.07) is 6.11. The van der Waals surface area contributed by atoms with Crippen LogP contribution in [0.3, 0.4) is 0 Å². The number of hydrogen-bond acceptors (Lipinski definition) is 7. The van der Waals surface area contributed by atoms with Crippen molar-refractivity contribution in [3.05, 3.63) is 30.0 Å². The van der Waals surface area contributed by atoms with Gasteiger partial charge < -0.3 is 29.1 Å². The first-order chi connectivity index (χ1) is 13.9. The number of nitrogens with zero attached hydrogens (tertiary/aromatic N) is 3. The van der Waals surface area contributed by atoms with Gasteiger partial charge in [-0.15, -0.1) is 0 Å². The van der Waals surface area contributed by atoms with Crippen LogP contribution in [0, 0.1) is 0 Å². The minimum absolute atomic E-state index is 0.0934. The Balaban J connectivity index is 1.67. The Labute approximate surface area is 169 Å². The van der Waals surface area contributed by atoms with E-state index in [1.165, 1.54) is 13.2 Å². The Morgan fingerprint density at radius 1 is 1.14 bits per heavy atom. The van der Waals surface area contributed by atoms with Crippen LogP contribution in [0.1, 0.15) is 17.4 Å². The van der Waals surface area contributed by atoms with Crippen molar-refractivity contribution in [1.82, 2.24) is 20.3 Å². The summed E-state index contributed by atoms with van der Waals surface area (Å²) in [5.41, 5.74) is 0.734. The van der Waals surface area contributed by atoms with Crippen molar-refractivity contribution in [3.8, 4) is 22.8 Å². The number of amides is 2. The molecule has 0 bridgehead atoms. The van der Waals surface area contributed by atoms with Gasteiger partial charge in [-0.25, -0.2) is 0 Å². The maximum atomic E-state index is 12.6. The Bertz CT molecular complexity index is 874. The normalized spacial score (nSPS) is 15.7. The van der Waals surface area contributed by atoms with Crippen LogP contribution >= 0.6 is 0 Å². The van der Waals surface area contributed by atoms with E-state index in [0.717, 1.165) is 13.1 Å². The number of nitrogens with one attached hydrogen (secondary N) is 1. The Morgan fingerprint density at radius 2 is 1.86 bits per heavy atom. The Morgan fingerprint density at radius 3 is 2.52 bits per heavy atom. The number of benzene rings is 1. The van der Waals surface area contributed by atoms with Crippen molar-refractivity contribution in [3.63, 3.8) is 0 Å². The number of rotatable bonds is 6. The summed E-state index contributed by atoms with van der Waals surface area (Å²) in [5, 5.41) is 6.54. The number of hydrogen-bond donors (Lipinski definition) is 1. The quantitative estimate of drug-likeness (QED) is 0.777. The minimum Gasteiger partial charge on any atom is -0.497 e. The van der Waals surface area contributed by atoms with Crippen LogP contribution in [0.5, 0.6) is 11.5 Å². The first-order valence-corrected chi connectivity index (χ1v) is 9.40. The van der Waals surface area contributed by atoms with Gasteiger partial charge in [-0.1, -0.05) is 5.16 Å². The molecule has 1 aromatic carbocycles. The molecule has 1 aliphatic heterocycles. The fourth-order valence-electron chi connectivity index (χ4n) is 3.14. The zero-order chi connectivity index (χ0) is 21.0. The lowest BCUT2D eigenvalue weighted by Crippen LogP contribution is -2.53. The first-order valence-electron chi connectivity index (χ1n) is 9.40. The van der Waals surface area contributed by atoms with Crippen molar-refractivity contribution < 1.29 is 23.6 Å². The van der Waals surface area contributed by atoms with Crippen molar-refractivity contribution in [2.45, 2.75) is 13.0 Å². The number of ether oxygens (including phenoxy) is 2. The van der Waals surface area contributed by atoms with Gasteiger partial charge >= 0.3 is 0 Å². The number of carbonyl (C=O) groups is 2. The van der Waals surface area contributed by atoms with Crippen molar-refractivity contribution in [1.29, 1.82) is 0 Å². The third kappa shape index (κ3) is 4.68. The van der Waals surface area contributed by atoms with Gasteiger partial charge in [-0.05, 0) is 26.1 Å². The molecule has 29 heavy (non-hydrogen) atoms. The highest BCUT2D eigenvalue weighted by Crippen LogP contribution is 2.33. The number of likely N-dealkylation sites (N-methyl/N-ethyl adjacent to an activating group) is 1. The molecule has 9 heteroatoms. The molecule has 1 aliphatic rings. The minimum atomic E-state index is -0.651. The van der Waals surface area contributed by atoms with Crippen LogP contribution in [0.2, 0.25) is 0 Å². The molecule has 1 aromatic heterocycles. The van der Waals surface area contributed by atoms with E-state index in [9.17, 15) is 9.59 Å². The zero-order valence-electron chi connectivity index (χ0n) is 17.1. The molecule has 0 radical (unpaired) electrons. The van der Waals surface area contributed by atoms with Crippen LogP contribution in [0.25, 0.3) is 11.3 Å². The molecule has 2 aromatic rings. The van der Waals surface area contributed by atoms with E-state index in [4.69, 9.17) is 14.0 Å². The summed E-state index contributed by atoms with van der Waals surface area (Å²) in [5.74, 6) is 0.979. The van der Waals surface area contributed by atoms with Crippen LogP contribution in [-0.2, 0) is 4.79 Å². The molecule has 1 fully saturated rings. The molecule has 0 unspecified atom stereocenters. The lowest BCUT2D eigenvalue weighted by molar-refractivity contribution is -0.134. The molecule has 0 saturated carbocycles. The second kappa shape index (κ2) is 8.95. The summed E-state index contributed by atoms with van der Waals surface area (Å²) in [4.78, 5) is 29.0. The van der Waals surface area contributed by atoms with E-state index in [-0.39, 0.29) is 11.6 Å². The zero-order valence-corrected chi connectivity index (χ0v) is 17.1. The molecule has 1 atom stereocenters. The van der Waals surface area contributed by atoms with Gasteiger partial charge in [0, 0.05) is 38.3 Å². The van der Waals surface area contributed by atoms with Gasteiger partial charge in [0.15, 0.2) is 11.5 Å². The summed E-state index contributed by atoms with van der Waals surface area (Å²) in [7, 11) is 5.12. The van der Waals surface area contributed by atoms with Crippen LogP contribution in [0.15, 0.2) is 28.8 Å². The fourth-order valence-corrected chi connectivity index (χ4v) is 3.14. The average molecular weight is 402 g/mol. The predicted octanol–water partition coefficient (Wildman–Crippen LogP) is 1.25.